The predicted octanol–water partition coefficient (Wildman–Crippen LogP) is 2.25. The summed E-state index contributed by atoms with van der Waals surface area (Å²) in [7, 11) is 3.08. The van der Waals surface area contributed by atoms with E-state index in [-0.39, 0.29) is 5.78 Å². The van der Waals surface area contributed by atoms with Crippen molar-refractivity contribution in [3.63, 3.8) is 0 Å². The molecule has 0 aromatic heterocycles. The molecular formula is C12H12ClO3. The van der Waals surface area contributed by atoms with Crippen molar-refractivity contribution in [1.29, 1.82) is 0 Å². The molecule has 4 heteroatoms. The Balaban J connectivity index is 2.56. The third kappa shape index (κ3) is 1.55. The van der Waals surface area contributed by atoms with Crippen LogP contribution in [0.4, 0.5) is 0 Å². The van der Waals surface area contributed by atoms with E-state index < -0.39 is 4.87 Å². The van der Waals surface area contributed by atoms with Gasteiger partial charge in [0.2, 0.25) is 0 Å². The lowest BCUT2D eigenvalue weighted by Gasteiger charge is -2.09. The monoisotopic (exact) mass is 239 g/mol. The van der Waals surface area contributed by atoms with E-state index in [1.54, 1.807) is 19.2 Å². The van der Waals surface area contributed by atoms with Crippen LogP contribution in [0.25, 0.3) is 0 Å². The molecule has 85 valence electrons. The van der Waals surface area contributed by atoms with E-state index in [0.717, 1.165) is 5.56 Å². The van der Waals surface area contributed by atoms with Gasteiger partial charge in [-0.05, 0) is 31.0 Å². The molecule has 0 N–H and O–H groups in total. The summed E-state index contributed by atoms with van der Waals surface area (Å²) in [4.78, 5) is 10.8. The number of halogens is 1. The summed E-state index contributed by atoms with van der Waals surface area (Å²) in [5.41, 5.74) is 1.43. The lowest BCUT2D eigenvalue weighted by molar-refractivity contribution is 0.0971. The Labute approximate surface area is 99.3 Å². The van der Waals surface area contributed by atoms with Crippen LogP contribution in [0, 0.1) is 6.92 Å². The fourth-order valence-corrected chi connectivity index (χ4v) is 2.15. The Morgan fingerprint density at radius 3 is 2.44 bits per heavy atom. The molecule has 0 saturated heterocycles. The number of ketones is 1. The summed E-state index contributed by atoms with van der Waals surface area (Å²) >= 11 is 6.03. The van der Waals surface area contributed by atoms with Crippen LogP contribution in [0.2, 0.25) is 0 Å². The molecule has 0 bridgehead atoms. The molecule has 1 aromatic rings. The number of fused-ring (bicyclic) bond motifs is 1. The van der Waals surface area contributed by atoms with Gasteiger partial charge in [-0.3, -0.25) is 4.79 Å². The number of ether oxygens (including phenoxy) is 2. The highest BCUT2D eigenvalue weighted by Gasteiger charge is 2.40. The molecule has 1 radical (unpaired) electrons. The van der Waals surface area contributed by atoms with E-state index >= 15 is 0 Å². The van der Waals surface area contributed by atoms with Crippen molar-refractivity contribution in [2.75, 3.05) is 14.2 Å². The van der Waals surface area contributed by atoms with Crippen LogP contribution in [-0.2, 0) is 6.42 Å². The molecule has 1 atom stereocenters. The van der Waals surface area contributed by atoms with Gasteiger partial charge in [0.25, 0.3) is 0 Å². The van der Waals surface area contributed by atoms with Crippen LogP contribution in [0.1, 0.15) is 15.9 Å². The van der Waals surface area contributed by atoms with E-state index in [4.69, 9.17) is 21.1 Å². The van der Waals surface area contributed by atoms with E-state index in [1.807, 2.05) is 0 Å². The second-order valence-corrected chi connectivity index (χ2v) is 4.56. The molecule has 3 nitrogen and oxygen atoms in total. The van der Waals surface area contributed by atoms with Crippen LogP contribution < -0.4 is 9.47 Å². The quantitative estimate of drug-likeness (QED) is 0.743. The largest absolute Gasteiger partial charge is 0.493 e. The SMILES string of the molecule is [CH2]C1(Cl)Cc2cc(OC)c(OC)cc2C1=O. The standard InChI is InChI=1S/C12H12ClO3/c1-12(13)6-7-4-9(15-2)10(16-3)5-8(7)11(12)14/h4-5H,1,6H2,2-3H3. The zero-order valence-electron chi connectivity index (χ0n) is 9.17. The summed E-state index contributed by atoms with van der Waals surface area (Å²) in [6.07, 6.45) is 0.420. The molecule has 1 aliphatic carbocycles. The molecular weight excluding hydrogens is 228 g/mol. The van der Waals surface area contributed by atoms with Crippen LogP contribution in [0.3, 0.4) is 0 Å². The topological polar surface area (TPSA) is 35.5 Å². The van der Waals surface area contributed by atoms with Crippen LogP contribution >= 0.6 is 11.6 Å². The Morgan fingerprint density at radius 1 is 1.31 bits per heavy atom. The minimum atomic E-state index is -1.08. The smallest absolute Gasteiger partial charge is 0.184 e. The molecule has 0 saturated carbocycles. The first-order valence-electron chi connectivity index (χ1n) is 4.83. The maximum atomic E-state index is 11.9. The second-order valence-electron chi connectivity index (χ2n) is 3.84. The number of Topliss-reactive ketones (excluding diaryl/α,β-unsaturated/α-hetero) is 1. The van der Waals surface area contributed by atoms with Crippen molar-refractivity contribution in [3.05, 3.63) is 30.2 Å². The maximum Gasteiger partial charge on any atom is 0.184 e. The summed E-state index contributed by atoms with van der Waals surface area (Å²) in [6, 6.07) is 3.44. The van der Waals surface area contributed by atoms with Crippen LogP contribution in [0.5, 0.6) is 11.5 Å². The normalized spacial score (nSPS) is 23.1. The summed E-state index contributed by atoms with van der Waals surface area (Å²) in [5, 5.41) is 0. The fourth-order valence-electron chi connectivity index (χ4n) is 1.90. The van der Waals surface area contributed by atoms with Crippen LogP contribution in [0.15, 0.2) is 12.1 Å². The third-order valence-electron chi connectivity index (χ3n) is 2.73. The number of alkyl halides is 1. The highest BCUT2D eigenvalue weighted by atomic mass is 35.5. The third-order valence-corrected chi connectivity index (χ3v) is 3.04. The average Bonchev–Trinajstić information content (AvgIpc) is 2.48. The first-order valence-corrected chi connectivity index (χ1v) is 5.21. The molecule has 0 heterocycles. The summed E-state index contributed by atoms with van der Waals surface area (Å²) in [5.74, 6) is 0.970. The average molecular weight is 240 g/mol. The van der Waals surface area contributed by atoms with Gasteiger partial charge in [0.1, 0.15) is 4.87 Å². The highest BCUT2D eigenvalue weighted by molar-refractivity contribution is 6.40. The number of carbonyl (C=O) groups excluding carboxylic acids is 1. The maximum absolute atomic E-state index is 11.9. The number of benzene rings is 1. The molecule has 2 rings (SSSR count). The number of hydrogen-bond donors (Lipinski definition) is 0. The molecule has 0 aliphatic heterocycles. The van der Waals surface area contributed by atoms with Crippen molar-refractivity contribution in [2.45, 2.75) is 11.3 Å². The highest BCUT2D eigenvalue weighted by Crippen LogP contribution is 2.40. The minimum Gasteiger partial charge on any atom is -0.493 e. The molecule has 1 unspecified atom stereocenters. The Morgan fingerprint density at radius 2 is 1.88 bits per heavy atom. The van der Waals surface area contributed by atoms with Crippen LogP contribution in [-0.4, -0.2) is 24.9 Å². The number of hydrogen-bond acceptors (Lipinski definition) is 3. The van der Waals surface area contributed by atoms with Crippen molar-refractivity contribution in [1.82, 2.24) is 0 Å². The summed E-state index contributed by atoms with van der Waals surface area (Å²) in [6.45, 7) is 3.71. The van der Waals surface area contributed by atoms with Gasteiger partial charge in [-0.1, -0.05) is 0 Å². The molecule has 16 heavy (non-hydrogen) atoms. The number of carbonyl (C=O) groups is 1. The van der Waals surface area contributed by atoms with Gasteiger partial charge >= 0.3 is 0 Å². The molecule has 1 aliphatic rings. The summed E-state index contributed by atoms with van der Waals surface area (Å²) < 4.78 is 10.3. The van der Waals surface area contributed by atoms with E-state index in [2.05, 4.69) is 6.92 Å². The predicted molar refractivity (Wildman–Crippen MR) is 61.5 cm³/mol. The van der Waals surface area contributed by atoms with Gasteiger partial charge in [0, 0.05) is 5.56 Å². The van der Waals surface area contributed by atoms with Crippen molar-refractivity contribution < 1.29 is 14.3 Å². The minimum absolute atomic E-state index is 0.162. The second kappa shape index (κ2) is 3.67. The van der Waals surface area contributed by atoms with E-state index in [9.17, 15) is 4.79 Å². The molecule has 0 fully saturated rings. The van der Waals surface area contributed by atoms with Gasteiger partial charge in [0.05, 0.1) is 14.2 Å². The molecule has 0 amide bonds. The van der Waals surface area contributed by atoms with Crippen molar-refractivity contribution in [3.8, 4) is 11.5 Å². The van der Waals surface area contributed by atoms with Gasteiger partial charge in [0.15, 0.2) is 17.3 Å². The number of methoxy groups -OCH3 is 2. The van der Waals surface area contributed by atoms with Gasteiger partial charge in [-0.2, -0.15) is 0 Å². The molecule has 1 aromatic carbocycles. The van der Waals surface area contributed by atoms with Crippen molar-refractivity contribution >= 4 is 17.4 Å². The van der Waals surface area contributed by atoms with Gasteiger partial charge < -0.3 is 9.47 Å². The van der Waals surface area contributed by atoms with E-state index in [1.165, 1.54) is 7.11 Å². The Bertz CT molecular complexity index is 452. The fraction of sp³-hybridized carbons (Fsp3) is 0.333. The zero-order chi connectivity index (χ0) is 11.9. The van der Waals surface area contributed by atoms with Gasteiger partial charge in [-0.25, -0.2) is 0 Å². The Kier molecular flexibility index (Phi) is 2.58. The van der Waals surface area contributed by atoms with E-state index in [0.29, 0.717) is 23.5 Å². The lowest BCUT2D eigenvalue weighted by atomic mass is 10.1. The van der Waals surface area contributed by atoms with Gasteiger partial charge in [-0.15, -0.1) is 11.6 Å². The number of rotatable bonds is 2. The Hall–Kier alpha value is -1.22. The zero-order valence-corrected chi connectivity index (χ0v) is 9.93. The van der Waals surface area contributed by atoms with Crippen molar-refractivity contribution in [2.24, 2.45) is 0 Å². The first-order chi connectivity index (χ1) is 7.49. The lowest BCUT2D eigenvalue weighted by Crippen LogP contribution is -2.24. The first kappa shape index (κ1) is 11.3. The molecule has 0 spiro atoms.